The molecule has 1 aromatic heterocycles. The lowest BCUT2D eigenvalue weighted by Crippen LogP contribution is -2.49. The van der Waals surface area contributed by atoms with E-state index in [0.717, 1.165) is 11.1 Å². The maximum Gasteiger partial charge on any atom is 0.511 e. The zero-order valence-electron chi connectivity index (χ0n) is 16.5. The summed E-state index contributed by atoms with van der Waals surface area (Å²) >= 11 is 0. The average Bonchev–Trinajstić information content (AvgIpc) is 3.06. The number of aromatic nitrogens is 1. The molecule has 0 bridgehead atoms. The van der Waals surface area contributed by atoms with Crippen LogP contribution in [0.15, 0.2) is 18.2 Å². The van der Waals surface area contributed by atoms with E-state index in [1.165, 1.54) is 50.2 Å². The number of aromatic amines is 1. The van der Waals surface area contributed by atoms with E-state index in [2.05, 4.69) is 18.8 Å². The van der Waals surface area contributed by atoms with Gasteiger partial charge in [-0.1, -0.05) is 39.2 Å². The molecule has 1 aliphatic carbocycles. The van der Waals surface area contributed by atoms with Crippen molar-refractivity contribution >= 4 is 29.6 Å². The first kappa shape index (κ1) is 18.6. The maximum absolute atomic E-state index is 11.9. The first-order chi connectivity index (χ1) is 13.0. The number of benzene rings is 1. The summed E-state index contributed by atoms with van der Waals surface area (Å²) in [6.45, 7) is 5.65. The predicted molar refractivity (Wildman–Crippen MR) is 107 cm³/mol. The van der Waals surface area contributed by atoms with Crippen LogP contribution in [0.25, 0.3) is 10.9 Å². The molecule has 27 heavy (non-hydrogen) atoms. The Labute approximate surface area is 160 Å². The molecule has 2 heterocycles. The fourth-order valence-electron chi connectivity index (χ4n) is 4.36. The van der Waals surface area contributed by atoms with Crippen molar-refractivity contribution in [2.45, 2.75) is 51.9 Å². The Kier molecular flexibility index (Phi) is 5.04. The molecule has 6 heteroatoms. The largest absolute Gasteiger partial charge is 0.511 e. The van der Waals surface area contributed by atoms with Crippen molar-refractivity contribution in [1.82, 2.24) is 4.98 Å². The molecule has 1 aliphatic heterocycles. The number of hydrogen-bond acceptors (Lipinski definition) is 4. The highest BCUT2D eigenvalue weighted by Gasteiger charge is 2.38. The predicted octanol–water partition coefficient (Wildman–Crippen LogP) is 3.77. The van der Waals surface area contributed by atoms with Gasteiger partial charge in [0, 0.05) is 35.1 Å². The van der Waals surface area contributed by atoms with Gasteiger partial charge in [-0.2, -0.15) is 0 Å². The van der Waals surface area contributed by atoms with E-state index < -0.39 is 0 Å². The fourth-order valence-corrected chi connectivity index (χ4v) is 4.36. The number of H-pyrrole nitrogens is 1. The molecular weight excluding hydrogens is 341 g/mol. The van der Waals surface area contributed by atoms with Gasteiger partial charge >= 0.3 is 13.1 Å². The molecule has 1 N–H and O–H groups in total. The monoisotopic (exact) mass is 369 g/mol. The smallest absolute Gasteiger partial charge is 0.465 e. The summed E-state index contributed by atoms with van der Waals surface area (Å²) < 4.78 is 17.1. The highest BCUT2D eigenvalue weighted by Crippen LogP contribution is 2.36. The van der Waals surface area contributed by atoms with Crippen molar-refractivity contribution in [3.63, 3.8) is 0 Å². The number of methoxy groups -OCH3 is 1. The van der Waals surface area contributed by atoms with Gasteiger partial charge in [0.1, 0.15) is 0 Å². The summed E-state index contributed by atoms with van der Waals surface area (Å²) in [5, 5.41) is 1.17. The van der Waals surface area contributed by atoms with Crippen LogP contribution in [0.4, 0.5) is 0 Å². The number of rotatable bonds is 3. The van der Waals surface area contributed by atoms with Crippen LogP contribution in [0.1, 0.15) is 67.8 Å². The summed E-state index contributed by atoms with van der Waals surface area (Å²) in [5.41, 5.74) is 3.87. The number of nitrogens with one attached hydrogen (secondary N) is 1. The van der Waals surface area contributed by atoms with Gasteiger partial charge in [0.25, 0.3) is 0 Å². The molecule has 0 atom stereocenters. The normalized spacial score (nSPS) is 20.8. The number of fused-ring (bicyclic) bond motifs is 1. The van der Waals surface area contributed by atoms with E-state index in [1.54, 1.807) is 0 Å². The lowest BCUT2D eigenvalue weighted by atomic mass is 9.72. The van der Waals surface area contributed by atoms with Crippen LogP contribution < -0.4 is 5.59 Å². The van der Waals surface area contributed by atoms with Crippen LogP contribution in [-0.4, -0.2) is 38.4 Å². The van der Waals surface area contributed by atoms with Gasteiger partial charge in [0.05, 0.1) is 12.7 Å². The Bertz CT molecular complexity index is 828. The molecule has 2 aliphatic rings. The van der Waals surface area contributed by atoms with Gasteiger partial charge in [0.2, 0.25) is 0 Å². The number of esters is 1. The van der Waals surface area contributed by atoms with E-state index in [9.17, 15) is 4.79 Å². The average molecular weight is 369 g/mol. The van der Waals surface area contributed by atoms with Crippen molar-refractivity contribution < 1.29 is 18.8 Å². The molecule has 0 amide bonds. The zero-order chi connectivity index (χ0) is 19.0. The molecule has 2 aromatic rings. The van der Waals surface area contributed by atoms with Gasteiger partial charge < -0.3 is 19.0 Å². The molecule has 1 saturated carbocycles. The summed E-state index contributed by atoms with van der Waals surface area (Å²) in [4.78, 5) is 15.5. The van der Waals surface area contributed by atoms with E-state index in [1.807, 2.05) is 18.2 Å². The Morgan fingerprint density at radius 1 is 1.19 bits per heavy atom. The van der Waals surface area contributed by atoms with Gasteiger partial charge in [-0.25, -0.2) is 4.79 Å². The third-order valence-corrected chi connectivity index (χ3v) is 5.79. The van der Waals surface area contributed by atoms with Crippen LogP contribution in [0.5, 0.6) is 0 Å². The Morgan fingerprint density at radius 3 is 2.56 bits per heavy atom. The summed E-state index contributed by atoms with van der Waals surface area (Å²) in [6.07, 6.45) is 6.21. The Morgan fingerprint density at radius 2 is 1.89 bits per heavy atom. The molecule has 144 valence electrons. The van der Waals surface area contributed by atoms with Crippen LogP contribution in [0.3, 0.4) is 0 Å². The SMILES string of the molecule is COC(=O)c1ccc2c(C3CCCCC3)c(B3OCC(C)(C)CO3)[nH]c2c1. The number of hydrogen-bond donors (Lipinski definition) is 1. The summed E-state index contributed by atoms with van der Waals surface area (Å²) in [5.74, 6) is 0.188. The highest BCUT2D eigenvalue weighted by molar-refractivity contribution is 6.61. The Hall–Kier alpha value is -1.79. The van der Waals surface area contributed by atoms with Crippen LogP contribution in [0, 0.1) is 5.41 Å². The third-order valence-electron chi connectivity index (χ3n) is 5.79. The first-order valence-electron chi connectivity index (χ1n) is 9.95. The molecule has 1 aromatic carbocycles. The minimum Gasteiger partial charge on any atom is -0.465 e. The van der Waals surface area contributed by atoms with Crippen LogP contribution in [0.2, 0.25) is 0 Å². The molecule has 4 rings (SSSR count). The standard InChI is InChI=1S/C21H28BNO4/c1-21(2)12-26-22(27-13-21)19-18(14-7-5-4-6-8-14)16-10-9-15(20(24)25-3)11-17(16)23-19/h9-11,14,23H,4-8,12-13H2,1-3H3. The first-order valence-corrected chi connectivity index (χ1v) is 9.95. The minimum atomic E-state index is -0.371. The maximum atomic E-state index is 11.9. The van der Waals surface area contributed by atoms with E-state index in [-0.39, 0.29) is 18.5 Å². The van der Waals surface area contributed by atoms with Crippen molar-refractivity contribution in [3.8, 4) is 0 Å². The molecule has 0 unspecified atom stereocenters. The van der Waals surface area contributed by atoms with Crippen molar-refractivity contribution in [2.24, 2.45) is 5.41 Å². The second-order valence-electron chi connectivity index (χ2n) is 8.66. The van der Waals surface area contributed by atoms with Gasteiger partial charge in [-0.05, 0) is 36.5 Å². The number of carbonyl (C=O) groups is 1. The minimum absolute atomic E-state index is 0.0333. The van der Waals surface area contributed by atoms with Gasteiger partial charge in [-0.15, -0.1) is 0 Å². The second kappa shape index (κ2) is 7.32. The number of carbonyl (C=O) groups excluding carboxylic acids is 1. The lowest BCUT2D eigenvalue weighted by Gasteiger charge is -2.33. The van der Waals surface area contributed by atoms with E-state index in [0.29, 0.717) is 24.7 Å². The summed E-state index contributed by atoms with van der Waals surface area (Å²) in [7, 11) is 1.04. The van der Waals surface area contributed by atoms with Crippen LogP contribution >= 0.6 is 0 Å². The fraction of sp³-hybridized carbons (Fsp3) is 0.571. The summed E-state index contributed by atoms with van der Waals surface area (Å²) in [6, 6.07) is 5.77. The molecule has 1 saturated heterocycles. The topological polar surface area (TPSA) is 60.6 Å². The second-order valence-corrected chi connectivity index (χ2v) is 8.66. The molecule has 0 radical (unpaired) electrons. The Balaban J connectivity index is 1.76. The zero-order valence-corrected chi connectivity index (χ0v) is 16.5. The quantitative estimate of drug-likeness (QED) is 0.661. The van der Waals surface area contributed by atoms with Gasteiger partial charge in [-0.3, -0.25) is 0 Å². The van der Waals surface area contributed by atoms with Crippen molar-refractivity contribution in [1.29, 1.82) is 0 Å². The van der Waals surface area contributed by atoms with E-state index in [4.69, 9.17) is 14.0 Å². The molecule has 2 fully saturated rings. The third kappa shape index (κ3) is 3.65. The lowest BCUT2D eigenvalue weighted by molar-refractivity contribution is 0.0339. The van der Waals surface area contributed by atoms with E-state index >= 15 is 0 Å². The van der Waals surface area contributed by atoms with Crippen molar-refractivity contribution in [2.75, 3.05) is 20.3 Å². The van der Waals surface area contributed by atoms with Crippen LogP contribution in [-0.2, 0) is 14.0 Å². The highest BCUT2D eigenvalue weighted by atomic mass is 16.6. The van der Waals surface area contributed by atoms with Gasteiger partial charge in [0.15, 0.2) is 0 Å². The molecule has 5 nitrogen and oxygen atoms in total. The molecule has 0 spiro atoms. The van der Waals surface area contributed by atoms with Crippen molar-refractivity contribution in [3.05, 3.63) is 29.3 Å². The number of ether oxygens (including phenoxy) is 1. The molecular formula is C21H28BNO4.